The molecule has 0 bridgehead atoms. The Bertz CT molecular complexity index is 147. The molecule has 1 aliphatic rings. The average Bonchev–Trinajstić information content (AvgIpc) is 2.65. The molecule has 3 unspecified atom stereocenters. The molecule has 0 saturated carbocycles. The third kappa shape index (κ3) is 3.27. The van der Waals surface area contributed by atoms with Crippen molar-refractivity contribution in [3.8, 4) is 0 Å². The molecule has 3 atom stereocenters. The zero-order valence-corrected chi connectivity index (χ0v) is 10.3. The zero-order valence-electron chi connectivity index (χ0n) is 10.3. The van der Waals surface area contributed by atoms with Gasteiger partial charge in [0.05, 0.1) is 0 Å². The second kappa shape index (κ2) is 5.75. The molecule has 1 nitrogen and oxygen atoms in total. The van der Waals surface area contributed by atoms with Crippen LogP contribution in [0.3, 0.4) is 0 Å². The molecule has 0 aliphatic carbocycles. The smallest absolute Gasteiger partial charge is 0.00199 e. The lowest BCUT2D eigenvalue weighted by molar-refractivity contribution is 0.216. The van der Waals surface area contributed by atoms with Gasteiger partial charge in [-0.25, -0.2) is 0 Å². The van der Waals surface area contributed by atoms with Crippen LogP contribution < -0.4 is 5.32 Å². The molecule has 1 N–H and O–H groups in total. The van der Waals surface area contributed by atoms with Gasteiger partial charge < -0.3 is 5.32 Å². The van der Waals surface area contributed by atoms with E-state index in [4.69, 9.17) is 0 Å². The van der Waals surface area contributed by atoms with Gasteiger partial charge >= 0.3 is 0 Å². The highest BCUT2D eigenvalue weighted by atomic mass is 14.9. The molecule has 1 heterocycles. The van der Waals surface area contributed by atoms with Crippen molar-refractivity contribution in [3.05, 3.63) is 0 Å². The lowest BCUT2D eigenvalue weighted by atomic mass is 9.77. The number of hydrogen-bond acceptors (Lipinski definition) is 1. The van der Waals surface area contributed by atoms with Crippen LogP contribution in [-0.2, 0) is 0 Å². The van der Waals surface area contributed by atoms with Crippen LogP contribution >= 0.6 is 0 Å². The average molecular weight is 197 g/mol. The first kappa shape index (κ1) is 12.0. The van der Waals surface area contributed by atoms with Gasteiger partial charge in [-0.2, -0.15) is 0 Å². The summed E-state index contributed by atoms with van der Waals surface area (Å²) < 4.78 is 0. The van der Waals surface area contributed by atoms with E-state index >= 15 is 0 Å². The molecule has 1 heteroatoms. The van der Waals surface area contributed by atoms with E-state index in [1.807, 2.05) is 0 Å². The standard InChI is InChI=1S/C13H27N/c1-5-11(4)13(10(2)3)8-12-6-7-14-9-12/h10-14H,5-9H2,1-4H3. The fourth-order valence-corrected chi connectivity index (χ4v) is 2.76. The van der Waals surface area contributed by atoms with Crippen molar-refractivity contribution in [2.75, 3.05) is 13.1 Å². The molecule has 1 saturated heterocycles. The topological polar surface area (TPSA) is 12.0 Å². The summed E-state index contributed by atoms with van der Waals surface area (Å²) in [5.74, 6) is 3.64. The maximum Gasteiger partial charge on any atom is -0.00199 e. The van der Waals surface area contributed by atoms with Crippen molar-refractivity contribution < 1.29 is 0 Å². The molecule has 0 radical (unpaired) electrons. The first-order valence-electron chi connectivity index (χ1n) is 6.35. The molecule has 1 fully saturated rings. The van der Waals surface area contributed by atoms with E-state index in [0.717, 1.165) is 23.7 Å². The summed E-state index contributed by atoms with van der Waals surface area (Å²) in [6.45, 7) is 12.0. The van der Waals surface area contributed by atoms with Gasteiger partial charge in [0.15, 0.2) is 0 Å². The van der Waals surface area contributed by atoms with Crippen molar-refractivity contribution >= 4 is 0 Å². The van der Waals surface area contributed by atoms with Crippen LogP contribution in [0.25, 0.3) is 0 Å². The van der Waals surface area contributed by atoms with E-state index in [1.54, 1.807) is 0 Å². The minimum Gasteiger partial charge on any atom is -0.316 e. The van der Waals surface area contributed by atoms with Gasteiger partial charge in [0, 0.05) is 0 Å². The maximum atomic E-state index is 3.47. The Balaban J connectivity index is 2.41. The summed E-state index contributed by atoms with van der Waals surface area (Å²) in [7, 11) is 0. The van der Waals surface area contributed by atoms with Crippen molar-refractivity contribution in [2.24, 2.45) is 23.7 Å². The summed E-state index contributed by atoms with van der Waals surface area (Å²) >= 11 is 0. The summed E-state index contributed by atoms with van der Waals surface area (Å²) in [5.41, 5.74) is 0. The molecule has 1 rings (SSSR count). The molecule has 1 aliphatic heterocycles. The predicted octanol–water partition coefficient (Wildman–Crippen LogP) is 3.30. The monoisotopic (exact) mass is 197 g/mol. The van der Waals surface area contributed by atoms with E-state index in [1.165, 1.54) is 32.4 Å². The number of hydrogen-bond donors (Lipinski definition) is 1. The van der Waals surface area contributed by atoms with Gasteiger partial charge in [-0.05, 0) is 49.6 Å². The maximum absolute atomic E-state index is 3.47. The van der Waals surface area contributed by atoms with E-state index < -0.39 is 0 Å². The SMILES string of the molecule is CCC(C)C(CC1CCNC1)C(C)C. The molecule has 0 amide bonds. The first-order valence-corrected chi connectivity index (χ1v) is 6.35. The Labute approximate surface area is 89.7 Å². The fourth-order valence-electron chi connectivity index (χ4n) is 2.76. The van der Waals surface area contributed by atoms with Gasteiger partial charge in [-0.3, -0.25) is 0 Å². The van der Waals surface area contributed by atoms with E-state index in [2.05, 4.69) is 33.0 Å². The predicted molar refractivity (Wildman–Crippen MR) is 63.4 cm³/mol. The zero-order chi connectivity index (χ0) is 10.6. The summed E-state index contributed by atoms with van der Waals surface area (Å²) in [6.07, 6.45) is 4.18. The second-order valence-electron chi connectivity index (χ2n) is 5.39. The Morgan fingerprint density at radius 3 is 2.43 bits per heavy atom. The third-order valence-corrected chi connectivity index (χ3v) is 4.00. The van der Waals surface area contributed by atoms with Crippen LogP contribution in [0, 0.1) is 23.7 Å². The van der Waals surface area contributed by atoms with Crippen LogP contribution in [0.2, 0.25) is 0 Å². The number of rotatable bonds is 5. The van der Waals surface area contributed by atoms with Crippen LogP contribution in [0.4, 0.5) is 0 Å². The minimum absolute atomic E-state index is 0.852. The lowest BCUT2D eigenvalue weighted by Crippen LogP contribution is -2.22. The van der Waals surface area contributed by atoms with Crippen molar-refractivity contribution in [3.63, 3.8) is 0 Å². The normalized spacial score (nSPS) is 26.8. The highest BCUT2D eigenvalue weighted by Gasteiger charge is 2.25. The van der Waals surface area contributed by atoms with Crippen LogP contribution in [-0.4, -0.2) is 13.1 Å². The lowest BCUT2D eigenvalue weighted by Gasteiger charge is -2.29. The fraction of sp³-hybridized carbons (Fsp3) is 1.00. The van der Waals surface area contributed by atoms with Gasteiger partial charge in [0.25, 0.3) is 0 Å². The molecule has 0 aromatic carbocycles. The van der Waals surface area contributed by atoms with Gasteiger partial charge in [0.2, 0.25) is 0 Å². The molecular formula is C13H27N. The molecule has 0 spiro atoms. The van der Waals surface area contributed by atoms with Crippen LogP contribution in [0.5, 0.6) is 0 Å². The second-order valence-corrected chi connectivity index (χ2v) is 5.39. The molecular weight excluding hydrogens is 170 g/mol. The van der Waals surface area contributed by atoms with E-state index in [0.29, 0.717) is 0 Å². The summed E-state index contributed by atoms with van der Waals surface area (Å²) in [5, 5.41) is 3.47. The molecule has 0 aromatic rings. The first-order chi connectivity index (χ1) is 6.65. The highest BCUT2D eigenvalue weighted by Crippen LogP contribution is 2.31. The molecule has 14 heavy (non-hydrogen) atoms. The minimum atomic E-state index is 0.852. The molecule has 0 aromatic heterocycles. The molecule has 84 valence electrons. The largest absolute Gasteiger partial charge is 0.316 e. The Morgan fingerprint density at radius 1 is 1.29 bits per heavy atom. The van der Waals surface area contributed by atoms with Crippen molar-refractivity contribution in [1.82, 2.24) is 5.32 Å². The Morgan fingerprint density at radius 2 is 2.00 bits per heavy atom. The summed E-state index contributed by atoms with van der Waals surface area (Å²) in [4.78, 5) is 0. The highest BCUT2D eigenvalue weighted by molar-refractivity contribution is 4.78. The quantitative estimate of drug-likeness (QED) is 0.713. The van der Waals surface area contributed by atoms with Crippen LogP contribution in [0.15, 0.2) is 0 Å². The Kier molecular flexibility index (Phi) is 4.94. The summed E-state index contributed by atoms with van der Waals surface area (Å²) in [6, 6.07) is 0. The van der Waals surface area contributed by atoms with Crippen molar-refractivity contribution in [2.45, 2.75) is 47.0 Å². The van der Waals surface area contributed by atoms with Gasteiger partial charge in [0.1, 0.15) is 0 Å². The Hall–Kier alpha value is -0.0400. The van der Waals surface area contributed by atoms with E-state index in [-0.39, 0.29) is 0 Å². The van der Waals surface area contributed by atoms with Gasteiger partial charge in [-0.1, -0.05) is 34.1 Å². The van der Waals surface area contributed by atoms with Gasteiger partial charge in [-0.15, -0.1) is 0 Å². The number of nitrogens with one attached hydrogen (secondary N) is 1. The van der Waals surface area contributed by atoms with Crippen molar-refractivity contribution in [1.29, 1.82) is 0 Å². The third-order valence-electron chi connectivity index (χ3n) is 4.00. The van der Waals surface area contributed by atoms with E-state index in [9.17, 15) is 0 Å². The van der Waals surface area contributed by atoms with Crippen LogP contribution in [0.1, 0.15) is 47.0 Å².